The van der Waals surface area contributed by atoms with Crippen molar-refractivity contribution in [2.45, 2.75) is 19.3 Å². The van der Waals surface area contributed by atoms with E-state index in [2.05, 4.69) is 207 Å². The Morgan fingerprint density at radius 3 is 1.76 bits per heavy atom. The predicted octanol–water partition coefficient (Wildman–Crippen LogP) is 15.5. The number of hydrogen-bond donors (Lipinski definition) is 0. The maximum Gasteiger partial charge on any atom is 0.0476 e. The largest absolute Gasteiger partial charge is 0.310 e. The molecule has 1 aliphatic rings. The van der Waals surface area contributed by atoms with E-state index in [1.54, 1.807) is 0 Å². The SMILES string of the molecule is CC1(C)c2ccccc2-c2ccc(N(c3ccc4cc(-c5ccc6ccc(-c7ccccc7)cc6c5)ccc4c3)c3ccc4c(c3)sc3ccccc34)cc21. The highest BCUT2D eigenvalue weighted by molar-refractivity contribution is 7.25. The van der Waals surface area contributed by atoms with Gasteiger partial charge in [0, 0.05) is 42.6 Å². The van der Waals surface area contributed by atoms with Gasteiger partial charge in [0.25, 0.3) is 0 Å². The Morgan fingerprint density at radius 1 is 0.364 bits per heavy atom. The van der Waals surface area contributed by atoms with Gasteiger partial charge >= 0.3 is 0 Å². The van der Waals surface area contributed by atoms with Crippen LogP contribution in [-0.2, 0) is 5.41 Å². The fourth-order valence-electron chi connectivity index (χ4n) is 8.92. The van der Waals surface area contributed by atoms with Crippen LogP contribution < -0.4 is 4.90 Å². The lowest BCUT2D eigenvalue weighted by Crippen LogP contribution is -2.16. The van der Waals surface area contributed by atoms with Gasteiger partial charge in [-0.25, -0.2) is 0 Å². The summed E-state index contributed by atoms with van der Waals surface area (Å²) < 4.78 is 2.62. The van der Waals surface area contributed by atoms with Crippen LogP contribution >= 0.6 is 11.3 Å². The standard InChI is InChI=1S/C53H37NS/c1-53(2)49-14-8-6-12-45(49)46-26-24-43(32-50(46)53)54(44-25-27-48-47-13-7-9-15-51(47)55-52(48)33-44)42-23-22-39-28-37(20-21-40(39)31-42)38-19-17-35-16-18-36(29-41(35)30-38)34-10-4-3-5-11-34/h3-33H,1-2H3. The molecular formula is C53H37NS. The summed E-state index contributed by atoms with van der Waals surface area (Å²) in [5.41, 5.74) is 13.8. The molecule has 9 aromatic carbocycles. The third kappa shape index (κ3) is 5.21. The molecule has 0 saturated carbocycles. The van der Waals surface area contributed by atoms with Gasteiger partial charge in [0.1, 0.15) is 0 Å². The first-order valence-corrected chi connectivity index (χ1v) is 19.9. The minimum atomic E-state index is -0.0886. The Balaban J connectivity index is 1.02. The van der Waals surface area contributed by atoms with Crippen molar-refractivity contribution in [3.8, 4) is 33.4 Å². The fourth-order valence-corrected chi connectivity index (χ4v) is 10.1. The molecule has 0 N–H and O–H groups in total. The van der Waals surface area contributed by atoms with Gasteiger partial charge in [-0.1, -0.05) is 141 Å². The minimum absolute atomic E-state index is 0.0886. The highest BCUT2D eigenvalue weighted by Gasteiger charge is 2.35. The van der Waals surface area contributed by atoms with Gasteiger partial charge in [0.05, 0.1) is 0 Å². The second-order valence-electron chi connectivity index (χ2n) is 15.4. The zero-order valence-electron chi connectivity index (χ0n) is 30.8. The molecular weight excluding hydrogens is 683 g/mol. The Bertz CT molecular complexity index is 3130. The van der Waals surface area contributed by atoms with Crippen molar-refractivity contribution < 1.29 is 0 Å². The summed E-state index contributed by atoms with van der Waals surface area (Å²) in [7, 11) is 0. The summed E-state index contributed by atoms with van der Waals surface area (Å²) in [6.07, 6.45) is 0. The van der Waals surface area contributed by atoms with Crippen molar-refractivity contribution in [2.75, 3.05) is 4.90 Å². The molecule has 260 valence electrons. The molecule has 2 heteroatoms. The van der Waals surface area contributed by atoms with Crippen LogP contribution in [0.25, 0.3) is 75.1 Å². The molecule has 55 heavy (non-hydrogen) atoms. The zero-order valence-corrected chi connectivity index (χ0v) is 31.6. The molecule has 1 aromatic heterocycles. The zero-order chi connectivity index (χ0) is 36.7. The van der Waals surface area contributed by atoms with E-state index in [1.165, 1.54) is 91.9 Å². The van der Waals surface area contributed by atoms with Gasteiger partial charge in [-0.2, -0.15) is 0 Å². The van der Waals surface area contributed by atoms with Crippen molar-refractivity contribution in [3.05, 3.63) is 199 Å². The van der Waals surface area contributed by atoms with Crippen molar-refractivity contribution in [2.24, 2.45) is 0 Å². The number of thiophene rings is 1. The molecule has 0 bridgehead atoms. The summed E-state index contributed by atoms with van der Waals surface area (Å²) in [5.74, 6) is 0. The molecule has 0 spiro atoms. The van der Waals surface area contributed by atoms with E-state index in [-0.39, 0.29) is 5.41 Å². The lowest BCUT2D eigenvalue weighted by molar-refractivity contribution is 0.660. The average Bonchev–Trinajstić information content (AvgIpc) is 3.72. The van der Waals surface area contributed by atoms with Crippen LogP contribution in [0.3, 0.4) is 0 Å². The summed E-state index contributed by atoms with van der Waals surface area (Å²) in [6.45, 7) is 4.72. The first-order chi connectivity index (χ1) is 27.0. The number of nitrogens with zero attached hydrogens (tertiary/aromatic N) is 1. The molecule has 0 fully saturated rings. The first kappa shape index (κ1) is 32.0. The van der Waals surface area contributed by atoms with E-state index in [0.717, 1.165) is 11.4 Å². The summed E-state index contributed by atoms with van der Waals surface area (Å²) in [6, 6.07) is 69.7. The average molecular weight is 720 g/mol. The second-order valence-corrected chi connectivity index (χ2v) is 16.5. The number of anilines is 3. The van der Waals surface area contributed by atoms with Gasteiger partial charge in [0.2, 0.25) is 0 Å². The van der Waals surface area contributed by atoms with E-state index < -0.39 is 0 Å². The Kier molecular flexibility index (Phi) is 7.14. The van der Waals surface area contributed by atoms with E-state index in [1.807, 2.05) is 11.3 Å². The molecule has 0 radical (unpaired) electrons. The van der Waals surface area contributed by atoms with Crippen molar-refractivity contribution in [1.82, 2.24) is 0 Å². The molecule has 1 aliphatic carbocycles. The van der Waals surface area contributed by atoms with E-state index >= 15 is 0 Å². The van der Waals surface area contributed by atoms with Crippen LogP contribution in [0.2, 0.25) is 0 Å². The van der Waals surface area contributed by atoms with Crippen molar-refractivity contribution in [3.63, 3.8) is 0 Å². The van der Waals surface area contributed by atoms with Crippen LogP contribution in [0, 0.1) is 0 Å². The quantitative estimate of drug-likeness (QED) is 0.171. The predicted molar refractivity (Wildman–Crippen MR) is 237 cm³/mol. The highest BCUT2D eigenvalue weighted by atomic mass is 32.1. The minimum Gasteiger partial charge on any atom is -0.310 e. The molecule has 0 unspecified atom stereocenters. The number of rotatable bonds is 5. The molecule has 10 aromatic rings. The summed E-state index contributed by atoms with van der Waals surface area (Å²) >= 11 is 1.87. The molecule has 1 nitrogen and oxygen atoms in total. The number of fused-ring (bicyclic) bond motifs is 8. The normalized spacial score (nSPS) is 13.1. The van der Waals surface area contributed by atoms with Crippen LogP contribution in [0.4, 0.5) is 17.1 Å². The third-order valence-electron chi connectivity index (χ3n) is 11.8. The van der Waals surface area contributed by atoms with E-state index in [0.29, 0.717) is 0 Å². The second kappa shape index (κ2) is 12.3. The smallest absolute Gasteiger partial charge is 0.0476 e. The molecule has 1 heterocycles. The molecule has 0 atom stereocenters. The van der Waals surface area contributed by atoms with Crippen LogP contribution in [0.1, 0.15) is 25.0 Å². The first-order valence-electron chi connectivity index (χ1n) is 19.1. The monoisotopic (exact) mass is 719 g/mol. The molecule has 0 saturated heterocycles. The Morgan fingerprint density at radius 2 is 0.927 bits per heavy atom. The lowest BCUT2D eigenvalue weighted by atomic mass is 9.82. The van der Waals surface area contributed by atoms with Crippen LogP contribution in [0.15, 0.2) is 188 Å². The Labute approximate surface area is 325 Å². The van der Waals surface area contributed by atoms with Gasteiger partial charge < -0.3 is 4.90 Å². The maximum atomic E-state index is 2.45. The summed E-state index contributed by atoms with van der Waals surface area (Å²) in [5, 5.41) is 7.58. The van der Waals surface area contributed by atoms with Crippen molar-refractivity contribution in [1.29, 1.82) is 0 Å². The Hall–Kier alpha value is -6.48. The van der Waals surface area contributed by atoms with Gasteiger partial charge in [-0.05, 0) is 127 Å². The van der Waals surface area contributed by atoms with E-state index in [9.17, 15) is 0 Å². The van der Waals surface area contributed by atoms with Crippen LogP contribution in [0.5, 0.6) is 0 Å². The molecule has 0 amide bonds. The van der Waals surface area contributed by atoms with Gasteiger partial charge in [-0.15, -0.1) is 11.3 Å². The topological polar surface area (TPSA) is 3.24 Å². The van der Waals surface area contributed by atoms with Gasteiger partial charge in [-0.3, -0.25) is 0 Å². The molecule has 11 rings (SSSR count). The van der Waals surface area contributed by atoms with Crippen molar-refractivity contribution >= 4 is 70.1 Å². The highest BCUT2D eigenvalue weighted by Crippen LogP contribution is 2.51. The maximum absolute atomic E-state index is 2.45. The molecule has 0 aliphatic heterocycles. The summed E-state index contributed by atoms with van der Waals surface area (Å²) in [4.78, 5) is 2.45. The van der Waals surface area contributed by atoms with E-state index in [4.69, 9.17) is 0 Å². The lowest BCUT2D eigenvalue weighted by Gasteiger charge is -2.28. The van der Waals surface area contributed by atoms with Gasteiger partial charge in [0.15, 0.2) is 0 Å². The fraction of sp³-hybridized carbons (Fsp3) is 0.0566. The number of benzene rings is 9. The third-order valence-corrected chi connectivity index (χ3v) is 12.9. The number of hydrogen-bond acceptors (Lipinski definition) is 2. The van der Waals surface area contributed by atoms with Crippen LogP contribution in [-0.4, -0.2) is 0 Å².